The minimum absolute atomic E-state index is 0.391. The molecule has 0 unspecified atom stereocenters. The maximum absolute atomic E-state index is 6.15. The second-order valence-electron chi connectivity index (χ2n) is 5.30. The fourth-order valence-electron chi connectivity index (χ4n) is 2.29. The Morgan fingerprint density at radius 3 is 2.69 bits per heavy atom. The summed E-state index contributed by atoms with van der Waals surface area (Å²) in [6.07, 6.45) is 1.53. The summed E-state index contributed by atoms with van der Waals surface area (Å²) in [7, 11) is 3.20. The third-order valence-corrected chi connectivity index (χ3v) is 3.99. The van der Waals surface area contributed by atoms with Crippen LogP contribution in [-0.4, -0.2) is 29.4 Å². The molecule has 0 aliphatic heterocycles. The van der Waals surface area contributed by atoms with Gasteiger partial charge in [-0.15, -0.1) is 5.10 Å². The number of benzene rings is 2. The predicted octanol–water partition coefficient (Wildman–Crippen LogP) is 3.90. The van der Waals surface area contributed by atoms with Crippen molar-refractivity contribution in [1.82, 2.24) is 15.2 Å². The van der Waals surface area contributed by atoms with Crippen LogP contribution in [0.25, 0.3) is 0 Å². The molecule has 7 nitrogen and oxygen atoms in total. The first kappa shape index (κ1) is 17.8. The van der Waals surface area contributed by atoms with E-state index in [1.807, 2.05) is 36.4 Å². The van der Waals surface area contributed by atoms with Crippen molar-refractivity contribution < 1.29 is 9.47 Å². The summed E-state index contributed by atoms with van der Waals surface area (Å²) < 4.78 is 10.6. The van der Waals surface area contributed by atoms with E-state index in [1.54, 1.807) is 20.3 Å². The molecule has 2 N–H and O–H groups in total. The molecular formula is C18H18ClN5O2. The maximum Gasteiger partial charge on any atom is 0.244 e. The van der Waals surface area contributed by atoms with Gasteiger partial charge in [0.2, 0.25) is 5.95 Å². The fourth-order valence-corrected chi connectivity index (χ4v) is 2.50. The van der Waals surface area contributed by atoms with Crippen molar-refractivity contribution in [2.75, 3.05) is 24.9 Å². The zero-order chi connectivity index (χ0) is 18.4. The molecule has 1 heterocycles. The number of halogens is 1. The molecule has 26 heavy (non-hydrogen) atoms. The van der Waals surface area contributed by atoms with Crippen molar-refractivity contribution in [1.29, 1.82) is 0 Å². The number of nitrogens with zero attached hydrogens (tertiary/aromatic N) is 3. The number of anilines is 3. The standard InChI is InChI=1S/C18H18ClN5O2/c1-25-13-7-8-15(16(9-13)26-2)22-17-11-21-24-18(23-17)20-10-12-5-3-4-6-14(12)19/h3-9,11H,10H2,1-2H3,(H2,20,22,23,24). The van der Waals surface area contributed by atoms with Gasteiger partial charge in [0.15, 0.2) is 5.82 Å². The first-order chi connectivity index (χ1) is 12.7. The third-order valence-electron chi connectivity index (χ3n) is 3.63. The SMILES string of the molecule is COc1ccc(Nc2cnnc(NCc3ccccc3Cl)n2)c(OC)c1. The van der Waals surface area contributed by atoms with Gasteiger partial charge in [-0.3, -0.25) is 0 Å². The normalized spacial score (nSPS) is 10.3. The zero-order valence-electron chi connectivity index (χ0n) is 14.4. The Labute approximate surface area is 156 Å². The number of hydrogen-bond acceptors (Lipinski definition) is 7. The van der Waals surface area contributed by atoms with E-state index >= 15 is 0 Å². The minimum atomic E-state index is 0.391. The van der Waals surface area contributed by atoms with Crippen LogP contribution in [0.4, 0.5) is 17.5 Å². The summed E-state index contributed by atoms with van der Waals surface area (Å²) in [6.45, 7) is 0.497. The van der Waals surface area contributed by atoms with Crippen LogP contribution in [0.5, 0.6) is 11.5 Å². The van der Waals surface area contributed by atoms with E-state index in [0.29, 0.717) is 34.8 Å². The van der Waals surface area contributed by atoms with E-state index in [1.165, 1.54) is 6.20 Å². The lowest BCUT2D eigenvalue weighted by Crippen LogP contribution is -2.07. The molecule has 0 bridgehead atoms. The van der Waals surface area contributed by atoms with E-state index in [0.717, 1.165) is 11.3 Å². The van der Waals surface area contributed by atoms with Crippen molar-refractivity contribution in [2.45, 2.75) is 6.54 Å². The molecule has 8 heteroatoms. The predicted molar refractivity (Wildman–Crippen MR) is 101 cm³/mol. The molecule has 0 saturated heterocycles. The third kappa shape index (κ3) is 4.31. The average molecular weight is 372 g/mol. The lowest BCUT2D eigenvalue weighted by atomic mass is 10.2. The van der Waals surface area contributed by atoms with Crippen molar-refractivity contribution >= 4 is 29.1 Å². The summed E-state index contributed by atoms with van der Waals surface area (Å²) >= 11 is 6.15. The first-order valence-electron chi connectivity index (χ1n) is 7.85. The summed E-state index contributed by atoms with van der Waals surface area (Å²) in [5.41, 5.74) is 1.69. The molecular weight excluding hydrogens is 354 g/mol. The highest BCUT2D eigenvalue weighted by Crippen LogP contribution is 2.30. The molecule has 0 aliphatic rings. The molecule has 0 amide bonds. The van der Waals surface area contributed by atoms with E-state index in [4.69, 9.17) is 21.1 Å². The molecule has 0 aliphatic carbocycles. The number of nitrogens with one attached hydrogen (secondary N) is 2. The Morgan fingerprint density at radius 2 is 1.92 bits per heavy atom. The van der Waals surface area contributed by atoms with Crippen LogP contribution in [-0.2, 0) is 6.54 Å². The molecule has 0 spiro atoms. The molecule has 134 valence electrons. The van der Waals surface area contributed by atoms with Crippen LogP contribution in [0.3, 0.4) is 0 Å². The van der Waals surface area contributed by atoms with Gasteiger partial charge in [-0.1, -0.05) is 29.8 Å². The van der Waals surface area contributed by atoms with Gasteiger partial charge >= 0.3 is 0 Å². The number of rotatable bonds is 7. The van der Waals surface area contributed by atoms with Crippen LogP contribution in [0, 0.1) is 0 Å². The molecule has 1 aromatic heterocycles. The van der Waals surface area contributed by atoms with E-state index in [9.17, 15) is 0 Å². The lowest BCUT2D eigenvalue weighted by Gasteiger charge is -2.12. The summed E-state index contributed by atoms with van der Waals surface area (Å²) in [5, 5.41) is 14.9. The van der Waals surface area contributed by atoms with Gasteiger partial charge in [-0.2, -0.15) is 10.1 Å². The van der Waals surface area contributed by atoms with Crippen molar-refractivity contribution in [3.05, 3.63) is 59.2 Å². The summed E-state index contributed by atoms with van der Waals surface area (Å²) in [5.74, 6) is 2.26. The molecule has 0 atom stereocenters. The topological polar surface area (TPSA) is 81.2 Å². The fraction of sp³-hybridized carbons (Fsp3) is 0.167. The lowest BCUT2D eigenvalue weighted by molar-refractivity contribution is 0.395. The molecule has 0 fully saturated rings. The van der Waals surface area contributed by atoms with Crippen molar-refractivity contribution in [2.24, 2.45) is 0 Å². The monoisotopic (exact) mass is 371 g/mol. The Balaban J connectivity index is 1.72. The minimum Gasteiger partial charge on any atom is -0.497 e. The number of aromatic nitrogens is 3. The van der Waals surface area contributed by atoms with Gasteiger partial charge < -0.3 is 20.1 Å². The van der Waals surface area contributed by atoms with Crippen LogP contribution < -0.4 is 20.1 Å². The highest BCUT2D eigenvalue weighted by atomic mass is 35.5. The number of hydrogen-bond donors (Lipinski definition) is 2. The number of ether oxygens (including phenoxy) is 2. The largest absolute Gasteiger partial charge is 0.497 e. The van der Waals surface area contributed by atoms with Gasteiger partial charge in [-0.05, 0) is 23.8 Å². The van der Waals surface area contributed by atoms with E-state index < -0.39 is 0 Å². The van der Waals surface area contributed by atoms with Crippen LogP contribution in [0.1, 0.15) is 5.56 Å². The Bertz CT molecular complexity index is 891. The van der Waals surface area contributed by atoms with Gasteiger partial charge in [0.25, 0.3) is 0 Å². The molecule has 0 saturated carbocycles. The van der Waals surface area contributed by atoms with Crippen LogP contribution in [0.15, 0.2) is 48.7 Å². The molecule has 3 aromatic rings. The van der Waals surface area contributed by atoms with Crippen molar-refractivity contribution in [3.8, 4) is 11.5 Å². The molecule has 3 rings (SSSR count). The quantitative estimate of drug-likeness (QED) is 0.651. The first-order valence-corrected chi connectivity index (χ1v) is 8.23. The average Bonchev–Trinajstić information content (AvgIpc) is 2.68. The molecule has 2 aromatic carbocycles. The summed E-state index contributed by atoms with van der Waals surface area (Å²) in [6, 6.07) is 13.0. The smallest absolute Gasteiger partial charge is 0.244 e. The van der Waals surface area contributed by atoms with Gasteiger partial charge in [-0.25, -0.2) is 0 Å². The highest BCUT2D eigenvalue weighted by molar-refractivity contribution is 6.31. The van der Waals surface area contributed by atoms with E-state index in [-0.39, 0.29) is 0 Å². The number of methoxy groups -OCH3 is 2. The van der Waals surface area contributed by atoms with Crippen LogP contribution >= 0.6 is 11.6 Å². The zero-order valence-corrected chi connectivity index (χ0v) is 15.1. The maximum atomic E-state index is 6.15. The van der Waals surface area contributed by atoms with Crippen molar-refractivity contribution in [3.63, 3.8) is 0 Å². The van der Waals surface area contributed by atoms with Gasteiger partial charge in [0.05, 0.1) is 26.1 Å². The second-order valence-corrected chi connectivity index (χ2v) is 5.71. The summed E-state index contributed by atoms with van der Waals surface area (Å²) in [4.78, 5) is 4.41. The Hall–Kier alpha value is -3.06. The molecule has 0 radical (unpaired) electrons. The van der Waals surface area contributed by atoms with Gasteiger partial charge in [0.1, 0.15) is 11.5 Å². The Kier molecular flexibility index (Phi) is 5.70. The second kappa shape index (κ2) is 8.35. The van der Waals surface area contributed by atoms with Crippen LogP contribution in [0.2, 0.25) is 5.02 Å². The highest BCUT2D eigenvalue weighted by Gasteiger charge is 2.08. The van der Waals surface area contributed by atoms with E-state index in [2.05, 4.69) is 25.8 Å². The Morgan fingerprint density at radius 1 is 1.08 bits per heavy atom. The van der Waals surface area contributed by atoms with Gasteiger partial charge in [0, 0.05) is 17.6 Å².